The Bertz CT molecular complexity index is 24.5. The maximum absolute atomic E-state index is 3.25. The number of hydrogen-bond donors (Lipinski definition) is 0. The van der Waals surface area contributed by atoms with Crippen LogP contribution in [0.15, 0.2) is 0 Å². The Morgan fingerprint density at radius 2 is 0.867 bits per heavy atom. The van der Waals surface area contributed by atoms with Gasteiger partial charge in [-0.2, -0.15) is 19.8 Å². The van der Waals surface area contributed by atoms with Crippen molar-refractivity contribution in [3.05, 3.63) is 13.3 Å². The molecule has 0 rings (SSSR count). The van der Waals surface area contributed by atoms with E-state index in [2.05, 4.69) is 54.9 Å². The summed E-state index contributed by atoms with van der Waals surface area (Å²) >= 11 is 0. The maximum Gasteiger partial charge on any atom is 0 e. The van der Waals surface area contributed by atoms with Gasteiger partial charge >= 0.3 is 0 Å². The Morgan fingerprint density at radius 1 is 0.733 bits per heavy atom. The molecule has 0 heterocycles. The number of unbranched alkanes of at least 4 members (excludes halogenated alkanes) is 2. The molecule has 0 atom stereocenters. The zero-order chi connectivity index (χ0) is 11.5. The van der Waals surface area contributed by atoms with Gasteiger partial charge in [0, 0.05) is 20.1 Å². The minimum atomic E-state index is 0. The maximum atomic E-state index is 3.25. The van der Waals surface area contributed by atoms with E-state index in [4.69, 9.17) is 0 Å². The van der Waals surface area contributed by atoms with Gasteiger partial charge in [-0.3, -0.25) is 0 Å². The van der Waals surface area contributed by atoms with E-state index >= 15 is 0 Å². The van der Waals surface area contributed by atoms with Crippen molar-refractivity contribution in [1.82, 2.24) is 0 Å². The second kappa shape index (κ2) is 85.5. The van der Waals surface area contributed by atoms with Gasteiger partial charge in [-0.25, -0.2) is 0 Å². The summed E-state index contributed by atoms with van der Waals surface area (Å²) in [5, 5.41) is 0. The van der Waals surface area contributed by atoms with Crippen LogP contribution in [0, 0.1) is 13.3 Å². The van der Waals surface area contributed by atoms with E-state index < -0.39 is 0 Å². The van der Waals surface area contributed by atoms with Crippen LogP contribution in [-0.2, 0) is 20.1 Å². The molecular formula is C14H36Tc-2. The van der Waals surface area contributed by atoms with Crippen LogP contribution >= 0.6 is 0 Å². The molecular weight excluding hydrogens is 266 g/mol. The van der Waals surface area contributed by atoms with Crippen molar-refractivity contribution in [1.29, 1.82) is 0 Å². The summed E-state index contributed by atoms with van der Waals surface area (Å²) in [6, 6.07) is 0. The first-order chi connectivity index (χ1) is 6.24. The Labute approximate surface area is 115 Å². The molecule has 0 fully saturated rings. The van der Waals surface area contributed by atoms with Gasteiger partial charge in [0.2, 0.25) is 0 Å². The average Bonchev–Trinajstić information content (AvgIpc) is 2.12. The van der Waals surface area contributed by atoms with Crippen LogP contribution in [0.3, 0.4) is 0 Å². The van der Waals surface area contributed by atoms with Crippen molar-refractivity contribution in [2.24, 2.45) is 0 Å². The molecule has 1 radical (unpaired) electrons. The Morgan fingerprint density at radius 3 is 0.867 bits per heavy atom. The standard InChI is InChI=1S/C5H11.2C3H8.C2H5.CH4.Tc/c1-3-5-4-2;2*1-3-2;1-2;;/h5H,3-4H2,1-2H3;2*3H2,1-2H3;1H2,2H3;1H4;/q-1;;;-1;;. The summed E-state index contributed by atoms with van der Waals surface area (Å²) in [6.07, 6.45) is 7.19. The van der Waals surface area contributed by atoms with Crippen LogP contribution in [0.25, 0.3) is 0 Å². The molecule has 15 heavy (non-hydrogen) atoms. The van der Waals surface area contributed by atoms with Gasteiger partial charge in [0.25, 0.3) is 0 Å². The zero-order valence-electron chi connectivity index (χ0n) is 11.5. The number of hydrogen-bond acceptors (Lipinski definition) is 0. The van der Waals surface area contributed by atoms with Gasteiger partial charge in [0.1, 0.15) is 0 Å². The topological polar surface area (TPSA) is 0 Å². The molecule has 0 aromatic heterocycles. The summed E-state index contributed by atoms with van der Waals surface area (Å²) in [5.74, 6) is 0. The van der Waals surface area contributed by atoms with Gasteiger partial charge in [-0.05, 0) is 0 Å². The van der Waals surface area contributed by atoms with Gasteiger partial charge in [-0.15, -0.1) is 0 Å². The molecule has 0 bridgehead atoms. The molecule has 0 unspecified atom stereocenters. The molecule has 0 N–H and O–H groups in total. The predicted octanol–water partition coefficient (Wildman–Crippen LogP) is 6.32. The van der Waals surface area contributed by atoms with E-state index in [0.717, 1.165) is 0 Å². The molecule has 0 aromatic rings. The second-order valence-electron chi connectivity index (χ2n) is 2.52. The minimum Gasteiger partial charge on any atom is -0.346 e. The zero-order valence-corrected chi connectivity index (χ0v) is 13.3. The molecule has 0 nitrogen and oxygen atoms in total. The summed E-state index contributed by atoms with van der Waals surface area (Å²) < 4.78 is 0. The molecule has 0 aliphatic heterocycles. The van der Waals surface area contributed by atoms with E-state index in [1.807, 2.05) is 0 Å². The monoisotopic (exact) mass is 301 g/mol. The molecule has 0 spiro atoms. The minimum absolute atomic E-state index is 0. The smallest absolute Gasteiger partial charge is 0 e. The van der Waals surface area contributed by atoms with Gasteiger partial charge in [0.05, 0.1) is 0 Å². The van der Waals surface area contributed by atoms with Crippen molar-refractivity contribution in [3.63, 3.8) is 0 Å². The van der Waals surface area contributed by atoms with Crippen molar-refractivity contribution < 1.29 is 20.1 Å². The quantitative estimate of drug-likeness (QED) is 0.524. The first kappa shape index (κ1) is 36.1. The van der Waals surface area contributed by atoms with E-state index in [0.29, 0.717) is 0 Å². The third-order valence-corrected chi connectivity index (χ3v) is 0.577. The van der Waals surface area contributed by atoms with Crippen molar-refractivity contribution >= 4 is 0 Å². The van der Waals surface area contributed by atoms with Gasteiger partial charge < -0.3 is 13.3 Å². The largest absolute Gasteiger partial charge is 0.346 e. The second-order valence-corrected chi connectivity index (χ2v) is 2.52. The van der Waals surface area contributed by atoms with Gasteiger partial charge in [0.15, 0.2) is 0 Å². The third kappa shape index (κ3) is 334. The predicted molar refractivity (Wildman–Crippen MR) is 74.6 cm³/mol. The molecule has 0 amide bonds. The van der Waals surface area contributed by atoms with Crippen molar-refractivity contribution in [2.75, 3.05) is 0 Å². The van der Waals surface area contributed by atoms with E-state index in [1.54, 1.807) is 6.92 Å². The first-order valence-corrected chi connectivity index (χ1v) is 5.77. The van der Waals surface area contributed by atoms with Crippen LogP contribution in [0.1, 0.15) is 81.6 Å². The van der Waals surface area contributed by atoms with E-state index in [9.17, 15) is 0 Å². The van der Waals surface area contributed by atoms with Gasteiger partial charge in [-0.1, -0.05) is 61.8 Å². The fraction of sp³-hybridized carbons (Fsp3) is 0.857. The number of rotatable bonds is 2. The summed E-state index contributed by atoms with van der Waals surface area (Å²) in [5.41, 5.74) is 0. The summed E-state index contributed by atoms with van der Waals surface area (Å²) in [4.78, 5) is 0. The fourth-order valence-corrected chi connectivity index (χ4v) is 0.289. The molecule has 1 heteroatoms. The SMILES string of the molecule is C.CCC.CCC.CC[CH-]CC.[CH2-]C.[Tc]. The van der Waals surface area contributed by atoms with Crippen LogP contribution in [0.2, 0.25) is 0 Å². The van der Waals surface area contributed by atoms with Crippen LogP contribution in [-0.4, -0.2) is 0 Å². The van der Waals surface area contributed by atoms with Crippen molar-refractivity contribution in [2.45, 2.75) is 81.6 Å². The molecule has 0 saturated carbocycles. The normalized spacial score (nSPS) is 5.60. The Hall–Kier alpha value is 0.649. The molecule has 0 aliphatic rings. The summed E-state index contributed by atoms with van der Waals surface area (Å²) in [7, 11) is 0. The van der Waals surface area contributed by atoms with E-state index in [1.165, 1.54) is 25.7 Å². The van der Waals surface area contributed by atoms with Crippen LogP contribution < -0.4 is 0 Å². The van der Waals surface area contributed by atoms with Crippen LogP contribution in [0.5, 0.6) is 0 Å². The fourth-order valence-electron chi connectivity index (χ4n) is 0.289. The third-order valence-electron chi connectivity index (χ3n) is 0.577. The first-order valence-electron chi connectivity index (χ1n) is 5.77. The molecule has 0 saturated heterocycles. The Balaban J connectivity index is -0.0000000182. The Kier molecular flexibility index (Phi) is 206. The summed E-state index contributed by atoms with van der Waals surface area (Å²) in [6.45, 7) is 17.8. The molecule has 0 aliphatic carbocycles. The van der Waals surface area contributed by atoms with Crippen LogP contribution in [0.4, 0.5) is 0 Å². The van der Waals surface area contributed by atoms with E-state index in [-0.39, 0.29) is 27.5 Å². The van der Waals surface area contributed by atoms with Crippen molar-refractivity contribution in [3.8, 4) is 0 Å². The molecule has 0 aromatic carbocycles. The average molecular weight is 302 g/mol. The molecule has 101 valence electrons.